The number of allylic oxidation sites excluding steroid dienone is 2. The van der Waals surface area contributed by atoms with Crippen molar-refractivity contribution in [1.29, 1.82) is 0 Å². The molecule has 0 aliphatic rings. The molecule has 0 saturated carbocycles. The second-order valence-corrected chi connectivity index (χ2v) is 9.18. The van der Waals surface area contributed by atoms with Crippen LogP contribution >= 0.6 is 0 Å². The topological polar surface area (TPSA) is 0 Å². The Bertz CT molecular complexity index is 290. The lowest BCUT2D eigenvalue weighted by atomic mass is 9.96. The molecule has 0 amide bonds. The lowest BCUT2D eigenvalue weighted by Crippen LogP contribution is -1.94. The Morgan fingerprint density at radius 2 is 0.857 bits per heavy atom. The quantitative estimate of drug-likeness (QED) is 0.120. The third-order valence-electron chi connectivity index (χ3n) is 6.34. The van der Waals surface area contributed by atoms with Gasteiger partial charge in [-0.1, -0.05) is 148 Å². The minimum atomic E-state index is 0.840. The highest BCUT2D eigenvalue weighted by Crippen LogP contribution is 2.18. The minimum absolute atomic E-state index is 0.840. The van der Waals surface area contributed by atoms with Gasteiger partial charge in [-0.25, -0.2) is 0 Å². The fraction of sp³-hybridized carbons (Fsp3) is 0.929. The molecule has 0 fully saturated rings. The van der Waals surface area contributed by atoms with Crippen molar-refractivity contribution in [3.8, 4) is 0 Å². The Hall–Kier alpha value is -0.260. The third-order valence-corrected chi connectivity index (χ3v) is 6.34. The van der Waals surface area contributed by atoms with E-state index in [4.69, 9.17) is 0 Å². The van der Waals surface area contributed by atoms with Crippen LogP contribution in [0, 0.1) is 5.92 Å². The lowest BCUT2D eigenvalue weighted by Gasteiger charge is -2.10. The van der Waals surface area contributed by atoms with Gasteiger partial charge >= 0.3 is 0 Å². The van der Waals surface area contributed by atoms with E-state index in [0.29, 0.717) is 0 Å². The summed E-state index contributed by atoms with van der Waals surface area (Å²) in [6.45, 7) is 6.97. The van der Waals surface area contributed by atoms with E-state index in [-0.39, 0.29) is 0 Å². The Labute approximate surface area is 180 Å². The first-order chi connectivity index (χ1) is 13.8. The summed E-state index contributed by atoms with van der Waals surface area (Å²) in [7, 11) is 0. The molecule has 0 bridgehead atoms. The number of hydrogen-bond acceptors (Lipinski definition) is 0. The maximum atomic E-state index is 2.54. The molecule has 0 heterocycles. The van der Waals surface area contributed by atoms with Crippen molar-refractivity contribution in [2.75, 3.05) is 0 Å². The smallest absolute Gasteiger partial charge is 0.0236 e. The van der Waals surface area contributed by atoms with E-state index in [9.17, 15) is 0 Å². The van der Waals surface area contributed by atoms with Crippen LogP contribution in [-0.2, 0) is 0 Å². The van der Waals surface area contributed by atoms with Crippen LogP contribution in [-0.4, -0.2) is 0 Å². The van der Waals surface area contributed by atoms with Crippen LogP contribution < -0.4 is 0 Å². The van der Waals surface area contributed by atoms with Crippen LogP contribution in [0.4, 0.5) is 0 Å². The van der Waals surface area contributed by atoms with Gasteiger partial charge in [0.05, 0.1) is 0 Å². The molecule has 0 aromatic rings. The molecular weight excluding hydrogens is 336 g/mol. The summed E-state index contributed by atoms with van der Waals surface area (Å²) in [6.07, 6.45) is 36.5. The summed E-state index contributed by atoms with van der Waals surface area (Å²) in [5, 5.41) is 0. The van der Waals surface area contributed by atoms with Gasteiger partial charge in [-0.15, -0.1) is 0 Å². The van der Waals surface area contributed by atoms with Gasteiger partial charge in [-0.3, -0.25) is 0 Å². The van der Waals surface area contributed by atoms with Crippen LogP contribution in [0.1, 0.15) is 162 Å². The summed E-state index contributed by atoms with van der Waals surface area (Å²) in [5.41, 5.74) is 0. The van der Waals surface area contributed by atoms with Gasteiger partial charge in [0.15, 0.2) is 0 Å². The van der Waals surface area contributed by atoms with Crippen LogP contribution in [0.3, 0.4) is 0 Å². The van der Waals surface area contributed by atoms with Crippen molar-refractivity contribution in [2.45, 2.75) is 162 Å². The van der Waals surface area contributed by atoms with Crippen molar-refractivity contribution >= 4 is 0 Å². The van der Waals surface area contributed by atoms with Gasteiger partial charge in [0, 0.05) is 0 Å². The van der Waals surface area contributed by atoms with Crippen LogP contribution in [0.5, 0.6) is 0 Å². The molecule has 0 radical (unpaired) electrons. The highest BCUT2D eigenvalue weighted by Gasteiger charge is 2.01. The zero-order valence-electron chi connectivity index (χ0n) is 20.3. The normalized spacial score (nSPS) is 12.8. The molecule has 0 rings (SSSR count). The zero-order valence-corrected chi connectivity index (χ0v) is 20.3. The highest BCUT2D eigenvalue weighted by atomic mass is 14.1. The molecule has 0 aromatic heterocycles. The van der Waals surface area contributed by atoms with E-state index in [2.05, 4.69) is 32.9 Å². The molecule has 1 unspecified atom stereocenters. The van der Waals surface area contributed by atoms with Gasteiger partial charge in [0.25, 0.3) is 0 Å². The molecule has 0 aliphatic carbocycles. The first kappa shape index (κ1) is 27.7. The van der Waals surface area contributed by atoms with Crippen LogP contribution in [0.25, 0.3) is 0 Å². The van der Waals surface area contributed by atoms with Gasteiger partial charge < -0.3 is 0 Å². The molecule has 28 heavy (non-hydrogen) atoms. The van der Waals surface area contributed by atoms with Crippen molar-refractivity contribution in [1.82, 2.24) is 0 Å². The maximum Gasteiger partial charge on any atom is -0.0236 e. The van der Waals surface area contributed by atoms with Crippen LogP contribution in [0.15, 0.2) is 12.2 Å². The molecule has 0 nitrogen and oxygen atoms in total. The van der Waals surface area contributed by atoms with Gasteiger partial charge in [0.1, 0.15) is 0 Å². The van der Waals surface area contributed by atoms with Gasteiger partial charge in [-0.2, -0.15) is 0 Å². The van der Waals surface area contributed by atoms with E-state index in [1.165, 1.54) is 141 Å². The first-order valence-electron chi connectivity index (χ1n) is 13.5. The van der Waals surface area contributed by atoms with E-state index in [0.717, 1.165) is 5.92 Å². The summed E-state index contributed by atoms with van der Waals surface area (Å²) >= 11 is 0. The average molecular weight is 393 g/mol. The summed E-state index contributed by atoms with van der Waals surface area (Å²) in [4.78, 5) is 0. The molecule has 0 spiro atoms. The molecule has 0 heteroatoms. The Morgan fingerprint density at radius 1 is 0.464 bits per heavy atom. The van der Waals surface area contributed by atoms with Crippen LogP contribution in [0.2, 0.25) is 0 Å². The second-order valence-electron chi connectivity index (χ2n) is 9.18. The summed E-state index contributed by atoms with van der Waals surface area (Å²) in [5.74, 6) is 0.840. The minimum Gasteiger partial charge on any atom is -0.0883 e. The maximum absolute atomic E-state index is 2.54. The van der Waals surface area contributed by atoms with Crippen molar-refractivity contribution in [3.63, 3.8) is 0 Å². The molecule has 1 atom stereocenters. The average Bonchev–Trinajstić information content (AvgIpc) is 2.71. The molecule has 0 aromatic carbocycles. The third kappa shape index (κ3) is 22.0. The Kier molecular flexibility index (Phi) is 24.5. The van der Waals surface area contributed by atoms with Gasteiger partial charge in [0.2, 0.25) is 0 Å². The summed E-state index contributed by atoms with van der Waals surface area (Å²) in [6, 6.07) is 0. The van der Waals surface area contributed by atoms with Crippen molar-refractivity contribution in [2.24, 2.45) is 5.92 Å². The predicted molar refractivity (Wildman–Crippen MR) is 131 cm³/mol. The van der Waals surface area contributed by atoms with Crippen molar-refractivity contribution in [3.05, 3.63) is 12.2 Å². The molecular formula is C28H56. The Balaban J connectivity index is 3.37. The highest BCUT2D eigenvalue weighted by molar-refractivity contribution is 4.87. The fourth-order valence-corrected chi connectivity index (χ4v) is 4.19. The van der Waals surface area contributed by atoms with E-state index < -0.39 is 0 Å². The van der Waals surface area contributed by atoms with Gasteiger partial charge in [-0.05, 0) is 31.6 Å². The van der Waals surface area contributed by atoms with Crippen molar-refractivity contribution < 1.29 is 0 Å². The van der Waals surface area contributed by atoms with E-state index in [1.807, 2.05) is 0 Å². The number of rotatable bonds is 23. The first-order valence-corrected chi connectivity index (χ1v) is 13.5. The largest absolute Gasteiger partial charge is 0.0883 e. The van der Waals surface area contributed by atoms with E-state index in [1.54, 1.807) is 0 Å². The SMILES string of the molecule is CCCCCCCCCC/C=C/C(CC)CCCCCCCCCCCCC. The zero-order chi connectivity index (χ0) is 20.5. The predicted octanol–water partition coefficient (Wildman–Crippen LogP) is 10.8. The lowest BCUT2D eigenvalue weighted by molar-refractivity contribution is 0.499. The monoisotopic (exact) mass is 392 g/mol. The number of hydrogen-bond donors (Lipinski definition) is 0. The van der Waals surface area contributed by atoms with E-state index >= 15 is 0 Å². The standard InChI is InChI=1S/C28H56/c1-4-7-9-11-13-15-17-19-21-23-25-27-28(6-3)26-24-22-20-18-16-14-12-10-8-5-2/h24,26,28H,4-23,25,27H2,1-3H3/b26-24+. The molecule has 0 N–H and O–H groups in total. The second kappa shape index (κ2) is 24.8. The molecule has 168 valence electrons. The molecule has 0 saturated heterocycles. The molecule has 0 aliphatic heterocycles. The Morgan fingerprint density at radius 3 is 1.29 bits per heavy atom. The summed E-state index contributed by atoms with van der Waals surface area (Å²) < 4.78 is 0. The number of unbranched alkanes of at least 4 members (excludes halogenated alkanes) is 18. The fourth-order valence-electron chi connectivity index (χ4n) is 4.19.